The predicted octanol–water partition coefficient (Wildman–Crippen LogP) is 3.92. The summed E-state index contributed by atoms with van der Waals surface area (Å²) in [6.07, 6.45) is 4.55. The van der Waals surface area contributed by atoms with Gasteiger partial charge in [-0.3, -0.25) is 9.69 Å². The Morgan fingerprint density at radius 3 is 2.87 bits per heavy atom. The number of hydrogen-bond donors (Lipinski definition) is 1. The first-order chi connectivity index (χ1) is 15.0. The summed E-state index contributed by atoms with van der Waals surface area (Å²) in [7, 11) is 1.42. The number of nitrogens with one attached hydrogen (secondary N) is 1. The van der Waals surface area contributed by atoms with E-state index in [1.54, 1.807) is 6.26 Å². The van der Waals surface area contributed by atoms with E-state index in [0.29, 0.717) is 17.8 Å². The van der Waals surface area contributed by atoms with Gasteiger partial charge in [0.15, 0.2) is 0 Å². The van der Waals surface area contributed by atoms with E-state index in [0.717, 1.165) is 31.3 Å². The molecule has 0 bridgehead atoms. The molecule has 4 unspecified atom stereocenters. The quantitative estimate of drug-likeness (QED) is 0.757. The highest BCUT2D eigenvalue weighted by molar-refractivity contribution is 5.90. The molecule has 2 aromatic rings. The molecule has 3 aliphatic rings. The van der Waals surface area contributed by atoms with Crippen LogP contribution in [0.4, 0.5) is 0 Å². The third-order valence-electron chi connectivity index (χ3n) is 7.49. The van der Waals surface area contributed by atoms with Crippen molar-refractivity contribution in [2.45, 2.75) is 57.7 Å². The number of aromatic amines is 1. The second-order valence-corrected chi connectivity index (χ2v) is 9.12. The van der Waals surface area contributed by atoms with Crippen LogP contribution in [0.2, 0.25) is 0 Å². The number of H-pyrrole nitrogens is 1. The Morgan fingerprint density at radius 2 is 2.10 bits per heavy atom. The van der Waals surface area contributed by atoms with Crippen molar-refractivity contribution in [2.24, 2.45) is 11.8 Å². The molecule has 3 aliphatic heterocycles. The molecule has 6 nitrogen and oxygen atoms in total. The standard InChI is InChI=1S/C25H30N2O4/c1-4-7-23(28)21-11-17-15-8-5-6-9-20(15)26-24(17)22-10-16-18(12-27(21)22)14(2)31-13-19(16)25(29)30-3/h5-6,8-9,13-14,16,18,21-22,26H,4,7,10-12H2,1-3H3/t14-,16?,18?,21?,22?/m0/s1. The number of para-hydroxylation sites is 1. The molecule has 5 rings (SSSR count). The predicted molar refractivity (Wildman–Crippen MR) is 117 cm³/mol. The summed E-state index contributed by atoms with van der Waals surface area (Å²) in [5.41, 5.74) is 4.18. The van der Waals surface area contributed by atoms with Crippen LogP contribution in [0, 0.1) is 11.8 Å². The summed E-state index contributed by atoms with van der Waals surface area (Å²) in [5, 5.41) is 1.21. The van der Waals surface area contributed by atoms with E-state index in [9.17, 15) is 9.59 Å². The summed E-state index contributed by atoms with van der Waals surface area (Å²) in [6, 6.07) is 8.28. The van der Waals surface area contributed by atoms with Crippen LogP contribution in [0.3, 0.4) is 0 Å². The van der Waals surface area contributed by atoms with Gasteiger partial charge in [0.25, 0.3) is 0 Å². The van der Waals surface area contributed by atoms with E-state index >= 15 is 0 Å². The number of ketones is 1. The third-order valence-corrected chi connectivity index (χ3v) is 7.49. The first-order valence-corrected chi connectivity index (χ1v) is 11.3. The second-order valence-electron chi connectivity index (χ2n) is 9.12. The average molecular weight is 423 g/mol. The molecule has 1 saturated heterocycles. The Kier molecular flexibility index (Phi) is 5.13. The molecule has 6 heteroatoms. The van der Waals surface area contributed by atoms with Crippen LogP contribution in [0.15, 0.2) is 36.1 Å². The number of benzene rings is 1. The number of piperidine rings is 1. The van der Waals surface area contributed by atoms with Crippen molar-refractivity contribution in [3.63, 3.8) is 0 Å². The Labute approximate surface area is 182 Å². The number of aromatic nitrogens is 1. The van der Waals surface area contributed by atoms with Crippen LogP contribution in [0.25, 0.3) is 10.9 Å². The average Bonchev–Trinajstić information content (AvgIpc) is 3.16. The lowest BCUT2D eigenvalue weighted by Gasteiger charge is -2.51. The number of ether oxygens (including phenoxy) is 2. The van der Waals surface area contributed by atoms with Crippen molar-refractivity contribution in [3.8, 4) is 0 Å². The number of rotatable bonds is 4. The van der Waals surface area contributed by atoms with Crippen molar-refractivity contribution in [3.05, 3.63) is 47.4 Å². The van der Waals surface area contributed by atoms with E-state index in [1.165, 1.54) is 23.8 Å². The molecule has 1 aromatic heterocycles. The second kappa shape index (κ2) is 7.83. The van der Waals surface area contributed by atoms with Crippen molar-refractivity contribution in [1.29, 1.82) is 0 Å². The zero-order chi connectivity index (χ0) is 21.7. The van der Waals surface area contributed by atoms with Gasteiger partial charge in [-0.05, 0) is 37.8 Å². The Hall–Kier alpha value is -2.60. The number of methoxy groups -OCH3 is 1. The number of carbonyl (C=O) groups is 2. The molecule has 1 N–H and O–H groups in total. The minimum absolute atomic E-state index is 0.00889. The van der Waals surface area contributed by atoms with Crippen molar-refractivity contribution in [1.82, 2.24) is 9.88 Å². The van der Waals surface area contributed by atoms with Crippen LogP contribution < -0.4 is 0 Å². The van der Waals surface area contributed by atoms with E-state index in [-0.39, 0.29) is 36.0 Å². The van der Waals surface area contributed by atoms with Gasteiger partial charge in [0.05, 0.1) is 37.1 Å². The van der Waals surface area contributed by atoms with E-state index in [1.807, 2.05) is 6.07 Å². The fourth-order valence-corrected chi connectivity index (χ4v) is 5.94. The zero-order valence-corrected chi connectivity index (χ0v) is 18.4. The van der Waals surface area contributed by atoms with Crippen LogP contribution >= 0.6 is 0 Å². The van der Waals surface area contributed by atoms with Gasteiger partial charge in [-0.15, -0.1) is 0 Å². The van der Waals surface area contributed by atoms with Crippen LogP contribution in [0.1, 0.15) is 50.4 Å². The fraction of sp³-hybridized carbons (Fsp3) is 0.520. The van der Waals surface area contributed by atoms with Crippen LogP contribution in [0.5, 0.6) is 0 Å². The van der Waals surface area contributed by atoms with Gasteiger partial charge >= 0.3 is 5.97 Å². The number of fused-ring (bicyclic) bond motifs is 6. The van der Waals surface area contributed by atoms with Crippen LogP contribution in [-0.4, -0.2) is 47.4 Å². The highest BCUT2D eigenvalue weighted by atomic mass is 16.5. The highest BCUT2D eigenvalue weighted by Crippen LogP contribution is 2.49. The molecule has 0 aliphatic carbocycles. The third kappa shape index (κ3) is 3.19. The topological polar surface area (TPSA) is 71.6 Å². The summed E-state index contributed by atoms with van der Waals surface area (Å²) in [4.78, 5) is 31.7. The first-order valence-electron chi connectivity index (χ1n) is 11.3. The normalized spacial score (nSPS) is 29.9. The van der Waals surface area contributed by atoms with E-state index < -0.39 is 0 Å². The molecule has 4 heterocycles. The Balaban J connectivity index is 1.60. The summed E-state index contributed by atoms with van der Waals surface area (Å²) < 4.78 is 10.9. The molecule has 164 valence electrons. The molecule has 5 atom stereocenters. The molecule has 1 aromatic carbocycles. The zero-order valence-electron chi connectivity index (χ0n) is 18.4. The van der Waals surface area contributed by atoms with Crippen molar-refractivity contribution < 1.29 is 19.1 Å². The van der Waals surface area contributed by atoms with Gasteiger partial charge in [-0.1, -0.05) is 25.1 Å². The molecule has 0 radical (unpaired) electrons. The monoisotopic (exact) mass is 422 g/mol. The van der Waals surface area contributed by atoms with E-state index in [2.05, 4.69) is 41.9 Å². The number of Topliss-reactive ketones (excluding diaryl/α,β-unsaturated/α-hetero) is 1. The maximum atomic E-state index is 13.2. The maximum Gasteiger partial charge on any atom is 0.337 e. The molecule has 0 amide bonds. The number of hydrogen-bond acceptors (Lipinski definition) is 5. The molecular formula is C25H30N2O4. The lowest BCUT2D eigenvalue weighted by atomic mass is 9.71. The molecule has 1 fully saturated rings. The van der Waals surface area contributed by atoms with Gasteiger partial charge in [0.2, 0.25) is 0 Å². The highest BCUT2D eigenvalue weighted by Gasteiger charge is 2.50. The Bertz CT molecular complexity index is 1050. The summed E-state index contributed by atoms with van der Waals surface area (Å²) >= 11 is 0. The maximum absolute atomic E-state index is 13.2. The SMILES string of the molecule is CCCC(=O)C1Cc2c([nH]c3ccccc23)C2CC3C(C(=O)OC)=CO[C@@H](C)C3CN12. The van der Waals surface area contributed by atoms with Gasteiger partial charge in [0.1, 0.15) is 5.78 Å². The lowest BCUT2D eigenvalue weighted by Crippen LogP contribution is -2.57. The molecule has 0 saturated carbocycles. The minimum Gasteiger partial charge on any atom is -0.497 e. The lowest BCUT2D eigenvalue weighted by molar-refractivity contribution is -0.140. The van der Waals surface area contributed by atoms with Crippen molar-refractivity contribution in [2.75, 3.05) is 13.7 Å². The first kappa shape index (κ1) is 20.3. The smallest absolute Gasteiger partial charge is 0.337 e. The summed E-state index contributed by atoms with van der Waals surface area (Å²) in [6.45, 7) is 4.86. The molecule has 31 heavy (non-hydrogen) atoms. The van der Waals surface area contributed by atoms with Gasteiger partial charge in [-0.25, -0.2) is 4.79 Å². The fourth-order valence-electron chi connectivity index (χ4n) is 5.94. The molecule has 0 spiro atoms. The van der Waals surface area contributed by atoms with Gasteiger partial charge in [0, 0.05) is 41.4 Å². The summed E-state index contributed by atoms with van der Waals surface area (Å²) in [5.74, 6) is 0.201. The largest absolute Gasteiger partial charge is 0.497 e. The van der Waals surface area contributed by atoms with Crippen LogP contribution in [-0.2, 0) is 25.5 Å². The van der Waals surface area contributed by atoms with Crippen molar-refractivity contribution >= 4 is 22.7 Å². The van der Waals surface area contributed by atoms with Gasteiger partial charge in [-0.2, -0.15) is 0 Å². The minimum atomic E-state index is -0.318. The van der Waals surface area contributed by atoms with E-state index in [4.69, 9.17) is 9.47 Å². The van der Waals surface area contributed by atoms with Gasteiger partial charge < -0.3 is 14.5 Å². The Morgan fingerprint density at radius 1 is 1.29 bits per heavy atom. The molecular weight excluding hydrogens is 392 g/mol. The number of esters is 1. The number of nitrogens with zero attached hydrogens (tertiary/aromatic N) is 1. The number of carbonyl (C=O) groups excluding carboxylic acids is 2.